The standard InChI is InChI=1S/C18H20O5/c1-20-15-13(11-10-12-8-6-5-7-9-12)14(19)16(21-2)18(23-4)17(15)22-3/h5-11,19H,1-4H3. The SMILES string of the molecule is COc1c(O)c(C=Cc2ccccc2)c(OC)c(OC)c1OC. The highest BCUT2D eigenvalue weighted by Crippen LogP contribution is 2.53. The molecule has 2 aromatic rings. The summed E-state index contributed by atoms with van der Waals surface area (Å²) < 4.78 is 21.3. The molecule has 0 heterocycles. The fourth-order valence-electron chi connectivity index (χ4n) is 2.33. The van der Waals surface area contributed by atoms with Crippen molar-refractivity contribution in [2.75, 3.05) is 28.4 Å². The van der Waals surface area contributed by atoms with Gasteiger partial charge in [-0.15, -0.1) is 0 Å². The van der Waals surface area contributed by atoms with Crippen molar-refractivity contribution in [3.8, 4) is 28.7 Å². The highest BCUT2D eigenvalue weighted by Gasteiger charge is 2.26. The Labute approximate surface area is 135 Å². The van der Waals surface area contributed by atoms with Gasteiger partial charge < -0.3 is 24.1 Å². The molecule has 2 aromatic carbocycles. The van der Waals surface area contributed by atoms with Gasteiger partial charge in [-0.1, -0.05) is 36.4 Å². The minimum absolute atomic E-state index is 0.0748. The van der Waals surface area contributed by atoms with Gasteiger partial charge in [-0.05, 0) is 11.6 Å². The molecular formula is C18H20O5. The lowest BCUT2D eigenvalue weighted by Gasteiger charge is -2.19. The number of rotatable bonds is 6. The molecule has 0 fully saturated rings. The number of phenolic OH excluding ortho intramolecular Hbond substituents is 1. The van der Waals surface area contributed by atoms with Crippen molar-refractivity contribution in [2.24, 2.45) is 0 Å². The number of ether oxygens (including phenoxy) is 4. The average Bonchev–Trinajstić information content (AvgIpc) is 2.60. The van der Waals surface area contributed by atoms with Crippen molar-refractivity contribution in [3.63, 3.8) is 0 Å². The molecule has 0 saturated heterocycles. The molecule has 2 rings (SSSR count). The van der Waals surface area contributed by atoms with E-state index in [9.17, 15) is 5.11 Å². The van der Waals surface area contributed by atoms with Crippen LogP contribution in [0.15, 0.2) is 30.3 Å². The molecule has 0 spiro atoms. The van der Waals surface area contributed by atoms with Crippen LogP contribution >= 0.6 is 0 Å². The molecule has 0 amide bonds. The molecular weight excluding hydrogens is 296 g/mol. The summed E-state index contributed by atoms with van der Waals surface area (Å²) in [5.41, 5.74) is 1.44. The van der Waals surface area contributed by atoms with Crippen LogP contribution in [-0.4, -0.2) is 33.5 Å². The van der Waals surface area contributed by atoms with Crippen LogP contribution in [0, 0.1) is 0 Å². The van der Waals surface area contributed by atoms with E-state index in [4.69, 9.17) is 18.9 Å². The molecule has 0 unspecified atom stereocenters. The van der Waals surface area contributed by atoms with Crippen LogP contribution in [0.5, 0.6) is 28.7 Å². The fourth-order valence-corrected chi connectivity index (χ4v) is 2.33. The quantitative estimate of drug-likeness (QED) is 0.825. The Morgan fingerprint density at radius 1 is 0.696 bits per heavy atom. The molecule has 0 aliphatic rings. The third-order valence-electron chi connectivity index (χ3n) is 3.39. The molecule has 0 bridgehead atoms. The third kappa shape index (κ3) is 3.18. The largest absolute Gasteiger partial charge is 0.504 e. The van der Waals surface area contributed by atoms with Crippen LogP contribution in [0.3, 0.4) is 0 Å². The van der Waals surface area contributed by atoms with E-state index >= 15 is 0 Å². The van der Waals surface area contributed by atoms with Gasteiger partial charge in [0.2, 0.25) is 17.2 Å². The number of benzene rings is 2. The zero-order valence-electron chi connectivity index (χ0n) is 13.6. The first-order valence-corrected chi connectivity index (χ1v) is 6.99. The van der Waals surface area contributed by atoms with Crippen LogP contribution in [-0.2, 0) is 0 Å². The van der Waals surface area contributed by atoms with Crippen LogP contribution in [0.4, 0.5) is 0 Å². The molecule has 0 saturated carbocycles. The molecule has 0 radical (unpaired) electrons. The fraction of sp³-hybridized carbons (Fsp3) is 0.222. The predicted molar refractivity (Wildman–Crippen MR) is 89.7 cm³/mol. The summed E-state index contributed by atoms with van der Waals surface area (Å²) in [6.07, 6.45) is 3.61. The number of aromatic hydroxyl groups is 1. The Hall–Kier alpha value is -2.82. The Morgan fingerprint density at radius 3 is 1.74 bits per heavy atom. The molecule has 122 valence electrons. The first kappa shape index (κ1) is 16.5. The van der Waals surface area contributed by atoms with Gasteiger partial charge in [0, 0.05) is 0 Å². The lowest BCUT2D eigenvalue weighted by Crippen LogP contribution is -2.00. The van der Waals surface area contributed by atoms with Gasteiger partial charge in [0.05, 0.1) is 34.0 Å². The maximum Gasteiger partial charge on any atom is 0.211 e. The van der Waals surface area contributed by atoms with Gasteiger partial charge in [-0.25, -0.2) is 0 Å². The van der Waals surface area contributed by atoms with E-state index in [1.54, 1.807) is 6.08 Å². The summed E-state index contributed by atoms with van der Waals surface area (Å²) in [6, 6.07) is 9.72. The van der Waals surface area contributed by atoms with E-state index in [-0.39, 0.29) is 17.2 Å². The zero-order valence-corrected chi connectivity index (χ0v) is 13.6. The monoisotopic (exact) mass is 316 g/mol. The summed E-state index contributed by atoms with van der Waals surface area (Å²) in [5, 5.41) is 10.5. The maximum absolute atomic E-state index is 10.5. The van der Waals surface area contributed by atoms with Crippen LogP contribution < -0.4 is 18.9 Å². The summed E-state index contributed by atoms with van der Waals surface area (Å²) in [4.78, 5) is 0. The van der Waals surface area contributed by atoms with Gasteiger partial charge >= 0.3 is 0 Å². The molecule has 5 heteroatoms. The number of hydrogen-bond donors (Lipinski definition) is 1. The lowest BCUT2D eigenvalue weighted by atomic mass is 10.1. The van der Waals surface area contributed by atoms with Crippen molar-refractivity contribution >= 4 is 12.2 Å². The second-order valence-electron chi connectivity index (χ2n) is 4.64. The lowest BCUT2D eigenvalue weighted by molar-refractivity contribution is 0.293. The third-order valence-corrected chi connectivity index (χ3v) is 3.39. The van der Waals surface area contributed by atoms with E-state index in [0.717, 1.165) is 5.56 Å². The van der Waals surface area contributed by atoms with Crippen molar-refractivity contribution in [1.29, 1.82) is 0 Å². The number of hydrogen-bond acceptors (Lipinski definition) is 5. The predicted octanol–water partition coefficient (Wildman–Crippen LogP) is 3.60. The minimum Gasteiger partial charge on any atom is -0.504 e. The Balaban J connectivity index is 2.64. The van der Waals surface area contributed by atoms with Gasteiger partial charge in [-0.3, -0.25) is 0 Å². The van der Waals surface area contributed by atoms with E-state index in [1.807, 2.05) is 36.4 Å². The van der Waals surface area contributed by atoms with E-state index in [2.05, 4.69) is 0 Å². The van der Waals surface area contributed by atoms with Crippen LogP contribution in [0.2, 0.25) is 0 Å². The second-order valence-corrected chi connectivity index (χ2v) is 4.64. The van der Waals surface area contributed by atoms with E-state index < -0.39 is 0 Å². The number of methoxy groups -OCH3 is 4. The van der Waals surface area contributed by atoms with Crippen molar-refractivity contribution < 1.29 is 24.1 Å². The topological polar surface area (TPSA) is 57.2 Å². The molecule has 0 aliphatic heterocycles. The highest BCUT2D eigenvalue weighted by atomic mass is 16.5. The molecule has 23 heavy (non-hydrogen) atoms. The normalized spacial score (nSPS) is 10.6. The Kier molecular flexibility index (Phi) is 5.36. The molecule has 5 nitrogen and oxygen atoms in total. The average molecular weight is 316 g/mol. The maximum atomic E-state index is 10.5. The summed E-state index contributed by atoms with van der Waals surface area (Å²) in [5.74, 6) is 1.13. The first-order chi connectivity index (χ1) is 11.2. The Morgan fingerprint density at radius 2 is 1.22 bits per heavy atom. The summed E-state index contributed by atoms with van der Waals surface area (Å²) >= 11 is 0. The second kappa shape index (κ2) is 7.45. The van der Waals surface area contributed by atoms with Crippen molar-refractivity contribution in [1.82, 2.24) is 0 Å². The van der Waals surface area contributed by atoms with Crippen molar-refractivity contribution in [2.45, 2.75) is 0 Å². The van der Waals surface area contributed by atoms with Gasteiger partial charge in [-0.2, -0.15) is 0 Å². The zero-order chi connectivity index (χ0) is 16.8. The molecule has 0 atom stereocenters. The molecule has 0 aromatic heterocycles. The van der Waals surface area contributed by atoms with Crippen LogP contribution in [0.1, 0.15) is 11.1 Å². The Bertz CT molecular complexity index is 693. The van der Waals surface area contributed by atoms with Crippen molar-refractivity contribution in [3.05, 3.63) is 41.5 Å². The van der Waals surface area contributed by atoms with E-state index in [0.29, 0.717) is 17.1 Å². The van der Waals surface area contributed by atoms with Gasteiger partial charge in [0.15, 0.2) is 11.5 Å². The first-order valence-electron chi connectivity index (χ1n) is 6.99. The molecule has 1 N–H and O–H groups in total. The summed E-state index contributed by atoms with van der Waals surface area (Å²) in [6.45, 7) is 0. The highest BCUT2D eigenvalue weighted by molar-refractivity contribution is 5.82. The number of phenols is 1. The van der Waals surface area contributed by atoms with E-state index in [1.165, 1.54) is 28.4 Å². The van der Waals surface area contributed by atoms with Crippen LogP contribution in [0.25, 0.3) is 12.2 Å². The van der Waals surface area contributed by atoms with Gasteiger partial charge in [0.25, 0.3) is 0 Å². The van der Waals surface area contributed by atoms with Gasteiger partial charge in [0.1, 0.15) is 0 Å². The smallest absolute Gasteiger partial charge is 0.211 e. The molecule has 0 aliphatic carbocycles. The minimum atomic E-state index is -0.0748. The summed E-state index contributed by atoms with van der Waals surface area (Å²) in [7, 11) is 5.93.